The lowest BCUT2D eigenvalue weighted by Gasteiger charge is -2.11. The molecule has 1 aliphatic heterocycles. The van der Waals surface area contributed by atoms with Gasteiger partial charge < -0.3 is 11.5 Å². The van der Waals surface area contributed by atoms with Gasteiger partial charge in [-0.3, -0.25) is 24.5 Å². The SMILES string of the molecule is Cc1sc2c(c1C(N)=O)CCCC2.NC=O.O=C1NC(=O)c2ccccc21. The first-order valence-electron chi connectivity index (χ1n) is 8.41. The second-order valence-corrected chi connectivity index (χ2v) is 7.28. The average Bonchev–Trinajstić information content (AvgIpc) is 3.12. The van der Waals surface area contributed by atoms with E-state index in [1.165, 1.54) is 23.3 Å². The lowest BCUT2D eigenvalue weighted by molar-refractivity contribution is -0.106. The van der Waals surface area contributed by atoms with Crippen molar-refractivity contribution < 1.29 is 19.2 Å². The van der Waals surface area contributed by atoms with Gasteiger partial charge in [0.15, 0.2) is 0 Å². The Kier molecular flexibility index (Phi) is 6.84. The fourth-order valence-corrected chi connectivity index (χ4v) is 4.41. The van der Waals surface area contributed by atoms with Crippen LogP contribution in [0.4, 0.5) is 0 Å². The molecule has 0 saturated carbocycles. The number of hydrogen-bond donors (Lipinski definition) is 3. The highest BCUT2D eigenvalue weighted by Gasteiger charge is 2.25. The molecule has 0 radical (unpaired) electrons. The van der Waals surface area contributed by atoms with Crippen LogP contribution in [0, 0.1) is 6.92 Å². The normalized spacial score (nSPS) is 13.8. The summed E-state index contributed by atoms with van der Waals surface area (Å²) >= 11 is 1.74. The number of fused-ring (bicyclic) bond motifs is 2. The van der Waals surface area contributed by atoms with Gasteiger partial charge in [0.25, 0.3) is 11.8 Å². The van der Waals surface area contributed by atoms with Gasteiger partial charge in [0.1, 0.15) is 0 Å². The Bertz CT molecular complexity index is 856. The first kappa shape index (κ1) is 20.3. The first-order valence-corrected chi connectivity index (χ1v) is 9.23. The first-order chi connectivity index (χ1) is 12.9. The van der Waals surface area contributed by atoms with Crippen molar-refractivity contribution in [2.45, 2.75) is 32.6 Å². The highest BCUT2D eigenvalue weighted by Crippen LogP contribution is 2.33. The van der Waals surface area contributed by atoms with Gasteiger partial charge in [-0.05, 0) is 50.3 Å². The van der Waals surface area contributed by atoms with Crippen molar-refractivity contribution >= 4 is 35.5 Å². The van der Waals surface area contributed by atoms with Crippen molar-refractivity contribution in [3.8, 4) is 0 Å². The summed E-state index contributed by atoms with van der Waals surface area (Å²) in [7, 11) is 0. The molecule has 1 aromatic heterocycles. The van der Waals surface area contributed by atoms with Crippen LogP contribution < -0.4 is 16.8 Å². The minimum absolute atomic E-state index is 0.250. The predicted molar refractivity (Wildman–Crippen MR) is 103 cm³/mol. The number of amides is 4. The third-order valence-corrected chi connectivity index (χ3v) is 5.44. The highest BCUT2D eigenvalue weighted by molar-refractivity contribution is 7.12. The van der Waals surface area contributed by atoms with E-state index in [0.29, 0.717) is 11.1 Å². The Balaban J connectivity index is 0.000000171. The third-order valence-electron chi connectivity index (χ3n) is 4.24. The van der Waals surface area contributed by atoms with Crippen molar-refractivity contribution in [1.82, 2.24) is 5.32 Å². The molecule has 0 unspecified atom stereocenters. The summed E-state index contributed by atoms with van der Waals surface area (Å²) < 4.78 is 0. The second kappa shape index (κ2) is 9.09. The number of rotatable bonds is 1. The van der Waals surface area contributed by atoms with Gasteiger partial charge in [0.2, 0.25) is 12.3 Å². The molecule has 5 N–H and O–H groups in total. The van der Waals surface area contributed by atoms with E-state index in [9.17, 15) is 14.4 Å². The zero-order valence-corrected chi connectivity index (χ0v) is 15.7. The van der Waals surface area contributed by atoms with E-state index in [0.717, 1.165) is 23.3 Å². The molecule has 0 bridgehead atoms. The van der Waals surface area contributed by atoms with E-state index in [-0.39, 0.29) is 24.1 Å². The van der Waals surface area contributed by atoms with E-state index >= 15 is 0 Å². The Hall–Kier alpha value is -3.00. The van der Waals surface area contributed by atoms with Crippen LogP contribution in [0.1, 0.15) is 59.2 Å². The van der Waals surface area contributed by atoms with Crippen molar-refractivity contribution in [3.63, 3.8) is 0 Å². The molecule has 8 heteroatoms. The number of carbonyl (C=O) groups is 4. The molecule has 0 atom stereocenters. The molecule has 4 rings (SSSR count). The molecule has 0 saturated heterocycles. The molecule has 2 heterocycles. The molecule has 142 valence electrons. The Morgan fingerprint density at radius 1 is 1.11 bits per heavy atom. The van der Waals surface area contributed by atoms with Crippen LogP contribution in [0.25, 0.3) is 0 Å². The summed E-state index contributed by atoms with van der Waals surface area (Å²) in [4.78, 5) is 44.1. The number of hydrogen-bond acceptors (Lipinski definition) is 5. The van der Waals surface area contributed by atoms with E-state index in [1.54, 1.807) is 35.6 Å². The van der Waals surface area contributed by atoms with Gasteiger partial charge in [0, 0.05) is 9.75 Å². The van der Waals surface area contributed by atoms with Gasteiger partial charge in [-0.2, -0.15) is 0 Å². The zero-order valence-electron chi connectivity index (χ0n) is 14.9. The maximum Gasteiger partial charge on any atom is 0.258 e. The number of aryl methyl sites for hydroxylation is 2. The van der Waals surface area contributed by atoms with Gasteiger partial charge in [0.05, 0.1) is 16.7 Å². The lowest BCUT2D eigenvalue weighted by Crippen LogP contribution is -2.19. The molecule has 0 spiro atoms. The molecular weight excluding hydrogens is 366 g/mol. The van der Waals surface area contributed by atoms with Crippen LogP contribution in [0.15, 0.2) is 24.3 Å². The molecule has 7 nitrogen and oxygen atoms in total. The van der Waals surface area contributed by atoms with Gasteiger partial charge in [-0.25, -0.2) is 0 Å². The number of thiophene rings is 1. The van der Waals surface area contributed by atoms with E-state index in [1.807, 2.05) is 6.92 Å². The van der Waals surface area contributed by atoms with Gasteiger partial charge in [-0.15, -0.1) is 11.3 Å². The average molecular weight is 387 g/mol. The lowest BCUT2D eigenvalue weighted by atomic mass is 9.95. The summed E-state index contributed by atoms with van der Waals surface area (Å²) in [5.74, 6) is -0.854. The van der Waals surface area contributed by atoms with E-state index in [4.69, 9.17) is 10.5 Å². The Morgan fingerprint density at radius 2 is 1.63 bits per heavy atom. The molecule has 1 aliphatic carbocycles. The molecule has 0 fully saturated rings. The summed E-state index contributed by atoms with van der Waals surface area (Å²) in [6.45, 7) is 1.99. The standard InChI is InChI=1S/C10H13NOS.C8H5NO2.CH3NO/c1-6-9(10(11)12)7-4-2-3-5-8(7)13-6;10-7-5-3-1-2-4-6(5)8(11)9-7;2-1-3/h2-5H2,1H3,(H2,11,12);1-4H,(H,9,10,11);1H,(H2,2,3). The van der Waals surface area contributed by atoms with Crippen molar-refractivity contribution in [2.75, 3.05) is 0 Å². The molecule has 4 amide bonds. The summed E-state index contributed by atoms with van der Waals surface area (Å²) in [6, 6.07) is 6.74. The predicted octanol–water partition coefficient (Wildman–Crippen LogP) is 1.71. The van der Waals surface area contributed by atoms with Crippen LogP contribution in [0.5, 0.6) is 0 Å². The molecule has 2 aromatic rings. The summed E-state index contributed by atoms with van der Waals surface area (Å²) in [6.07, 6.45) is 4.88. The molecule has 27 heavy (non-hydrogen) atoms. The number of nitrogens with two attached hydrogens (primary N) is 2. The summed E-state index contributed by atoms with van der Waals surface area (Å²) in [5.41, 5.74) is 12.5. The zero-order chi connectivity index (χ0) is 20.0. The maximum absolute atomic E-state index is 11.2. The molecule has 1 aromatic carbocycles. The second-order valence-electron chi connectivity index (χ2n) is 5.97. The van der Waals surface area contributed by atoms with Crippen LogP contribution in [-0.4, -0.2) is 24.1 Å². The number of imide groups is 1. The number of primary amides is 2. The highest BCUT2D eigenvalue weighted by atomic mass is 32.1. The quantitative estimate of drug-likeness (QED) is 0.507. The fraction of sp³-hybridized carbons (Fsp3) is 0.263. The molecule has 2 aliphatic rings. The Morgan fingerprint density at radius 3 is 2.15 bits per heavy atom. The van der Waals surface area contributed by atoms with E-state index in [2.05, 4.69) is 11.1 Å². The molecular formula is C19H21N3O4S. The minimum Gasteiger partial charge on any atom is -0.372 e. The van der Waals surface area contributed by atoms with Crippen LogP contribution >= 0.6 is 11.3 Å². The third kappa shape index (κ3) is 4.59. The topological polar surface area (TPSA) is 132 Å². The largest absolute Gasteiger partial charge is 0.372 e. The maximum atomic E-state index is 11.2. The van der Waals surface area contributed by atoms with Crippen molar-refractivity contribution in [3.05, 3.63) is 56.3 Å². The van der Waals surface area contributed by atoms with E-state index < -0.39 is 0 Å². The number of benzene rings is 1. The van der Waals surface area contributed by atoms with Crippen LogP contribution in [-0.2, 0) is 17.6 Å². The van der Waals surface area contributed by atoms with Crippen molar-refractivity contribution in [2.24, 2.45) is 11.5 Å². The van der Waals surface area contributed by atoms with Crippen LogP contribution in [0.3, 0.4) is 0 Å². The minimum atomic E-state index is -0.300. The number of nitrogens with one attached hydrogen (secondary N) is 1. The Labute approximate surface area is 160 Å². The summed E-state index contributed by atoms with van der Waals surface area (Å²) in [5, 5.41) is 2.20. The fourth-order valence-electron chi connectivity index (χ4n) is 3.14. The van der Waals surface area contributed by atoms with Crippen LogP contribution in [0.2, 0.25) is 0 Å². The monoisotopic (exact) mass is 387 g/mol. The van der Waals surface area contributed by atoms with Crippen molar-refractivity contribution in [1.29, 1.82) is 0 Å². The number of carbonyl (C=O) groups excluding carboxylic acids is 4. The smallest absolute Gasteiger partial charge is 0.258 e. The van der Waals surface area contributed by atoms with Gasteiger partial charge in [-0.1, -0.05) is 12.1 Å². The van der Waals surface area contributed by atoms with Gasteiger partial charge >= 0.3 is 0 Å².